The Morgan fingerprint density at radius 2 is 1.88 bits per heavy atom. The minimum absolute atomic E-state index is 0.0917. The Morgan fingerprint density at radius 3 is 2.59 bits per heavy atom. The van der Waals surface area contributed by atoms with Crippen LogP contribution in [0.15, 0.2) is 73.1 Å². The first-order valence-electron chi connectivity index (χ1n) is 10.5. The smallest absolute Gasteiger partial charge is 0.248 e. The number of benzene rings is 2. The van der Waals surface area contributed by atoms with Crippen LogP contribution in [0.3, 0.4) is 0 Å². The second-order valence-corrected chi connectivity index (χ2v) is 7.41. The highest BCUT2D eigenvalue weighted by Gasteiger charge is 2.13. The molecule has 1 saturated heterocycles. The van der Waals surface area contributed by atoms with Gasteiger partial charge in [-0.05, 0) is 73.0 Å². The Balaban J connectivity index is 1.30. The summed E-state index contributed by atoms with van der Waals surface area (Å²) in [7, 11) is 0. The molecule has 6 nitrogen and oxygen atoms in total. The van der Waals surface area contributed by atoms with Crippen molar-refractivity contribution >= 4 is 23.4 Å². The summed E-state index contributed by atoms with van der Waals surface area (Å²) in [4.78, 5) is 16.2. The average Bonchev–Trinajstić information content (AvgIpc) is 2.82. The van der Waals surface area contributed by atoms with Crippen LogP contribution in [0.1, 0.15) is 18.4 Å². The van der Waals surface area contributed by atoms with E-state index in [9.17, 15) is 9.18 Å². The van der Waals surface area contributed by atoms with Gasteiger partial charge in [-0.15, -0.1) is 0 Å². The summed E-state index contributed by atoms with van der Waals surface area (Å²) in [6.45, 7) is 1.56. The van der Waals surface area contributed by atoms with Gasteiger partial charge in [0.05, 0.1) is 6.20 Å². The van der Waals surface area contributed by atoms with Crippen molar-refractivity contribution in [3.05, 3.63) is 84.4 Å². The first kappa shape index (κ1) is 21.5. The highest BCUT2D eigenvalue weighted by molar-refractivity contribution is 6.02. The minimum atomic E-state index is -0.524. The molecule has 0 saturated carbocycles. The standard InChI is InChI=1S/C25H24FN3O3/c26-23-16-18(3-9-24(23)32-22-2-1-13-27-17-22)4-10-25(30)29-20-7-5-19(6-8-20)28-21-11-14-31-15-12-21/h1-10,13,16-17,21,28H,11-12,14-15H2,(H,29,30). The van der Waals surface area contributed by atoms with E-state index in [0.717, 1.165) is 31.7 Å². The zero-order valence-corrected chi connectivity index (χ0v) is 17.5. The summed E-state index contributed by atoms with van der Waals surface area (Å²) in [6, 6.07) is 15.9. The molecule has 1 aliphatic heterocycles. The zero-order chi connectivity index (χ0) is 22.2. The molecule has 164 valence electrons. The number of halogens is 1. The van der Waals surface area contributed by atoms with Crippen LogP contribution >= 0.6 is 0 Å². The van der Waals surface area contributed by atoms with Gasteiger partial charge >= 0.3 is 0 Å². The molecule has 3 aromatic rings. The molecule has 0 spiro atoms. The molecule has 2 heterocycles. The second-order valence-electron chi connectivity index (χ2n) is 7.41. The first-order chi connectivity index (χ1) is 15.7. The van der Waals surface area contributed by atoms with E-state index in [4.69, 9.17) is 9.47 Å². The van der Waals surface area contributed by atoms with E-state index >= 15 is 0 Å². The molecule has 0 radical (unpaired) electrons. The van der Waals surface area contributed by atoms with Gasteiger partial charge in [-0.2, -0.15) is 0 Å². The summed E-state index contributed by atoms with van der Waals surface area (Å²) in [6.07, 6.45) is 8.00. The SMILES string of the molecule is O=C(C=Cc1ccc(Oc2cccnc2)c(F)c1)Nc1ccc(NC2CCOCC2)cc1. The van der Waals surface area contributed by atoms with Crippen molar-refractivity contribution in [1.82, 2.24) is 4.98 Å². The van der Waals surface area contributed by atoms with Crippen molar-refractivity contribution in [2.24, 2.45) is 0 Å². The molecule has 1 aromatic heterocycles. The third kappa shape index (κ3) is 6.15. The van der Waals surface area contributed by atoms with Crippen LogP contribution < -0.4 is 15.4 Å². The molecule has 2 N–H and O–H groups in total. The third-order valence-electron chi connectivity index (χ3n) is 4.99. The zero-order valence-electron chi connectivity index (χ0n) is 17.5. The molecule has 1 aliphatic rings. The highest BCUT2D eigenvalue weighted by Crippen LogP contribution is 2.25. The Bertz CT molecular complexity index is 1070. The first-order valence-corrected chi connectivity index (χ1v) is 10.5. The van der Waals surface area contributed by atoms with Crippen molar-refractivity contribution in [3.63, 3.8) is 0 Å². The number of nitrogens with zero attached hydrogens (tertiary/aromatic N) is 1. The van der Waals surface area contributed by atoms with Gasteiger partial charge in [0.2, 0.25) is 5.91 Å². The molecule has 1 amide bonds. The van der Waals surface area contributed by atoms with Crippen LogP contribution in [-0.4, -0.2) is 30.1 Å². The van der Waals surface area contributed by atoms with Gasteiger partial charge in [0.25, 0.3) is 0 Å². The lowest BCUT2D eigenvalue weighted by molar-refractivity contribution is -0.111. The summed E-state index contributed by atoms with van der Waals surface area (Å²) in [5.74, 6) is -0.285. The van der Waals surface area contributed by atoms with E-state index in [1.54, 1.807) is 30.5 Å². The van der Waals surface area contributed by atoms with E-state index in [1.807, 2.05) is 24.3 Å². The quantitative estimate of drug-likeness (QED) is 0.498. The summed E-state index contributed by atoms with van der Waals surface area (Å²) in [5.41, 5.74) is 2.24. The molecule has 1 fully saturated rings. The Kier molecular flexibility index (Phi) is 7.09. The number of ether oxygens (including phenoxy) is 2. The Morgan fingerprint density at radius 1 is 1.09 bits per heavy atom. The van der Waals surface area contributed by atoms with Crippen LogP contribution in [0, 0.1) is 5.82 Å². The van der Waals surface area contributed by atoms with Crippen LogP contribution in [0.4, 0.5) is 15.8 Å². The molecule has 4 rings (SSSR count). The van der Waals surface area contributed by atoms with Gasteiger partial charge in [0.1, 0.15) is 5.75 Å². The average molecular weight is 433 g/mol. The van der Waals surface area contributed by atoms with Crippen LogP contribution in [0.25, 0.3) is 6.08 Å². The maximum atomic E-state index is 14.3. The van der Waals surface area contributed by atoms with E-state index in [1.165, 1.54) is 24.4 Å². The van der Waals surface area contributed by atoms with Crippen LogP contribution in [0.5, 0.6) is 11.5 Å². The van der Waals surface area contributed by atoms with Gasteiger partial charge in [0.15, 0.2) is 11.6 Å². The van der Waals surface area contributed by atoms with Gasteiger partial charge in [-0.3, -0.25) is 9.78 Å². The van der Waals surface area contributed by atoms with Crippen LogP contribution in [0.2, 0.25) is 0 Å². The lowest BCUT2D eigenvalue weighted by Crippen LogP contribution is -2.27. The molecule has 7 heteroatoms. The van der Waals surface area contributed by atoms with Gasteiger partial charge in [-0.1, -0.05) is 6.07 Å². The maximum Gasteiger partial charge on any atom is 0.248 e. The molecule has 2 aromatic carbocycles. The van der Waals surface area contributed by atoms with Crippen molar-refractivity contribution in [2.75, 3.05) is 23.8 Å². The monoisotopic (exact) mass is 433 g/mol. The number of carbonyl (C=O) groups is 1. The number of rotatable bonds is 7. The Labute approximate surface area is 186 Å². The lowest BCUT2D eigenvalue weighted by Gasteiger charge is -2.24. The van der Waals surface area contributed by atoms with Gasteiger partial charge in [-0.25, -0.2) is 4.39 Å². The summed E-state index contributed by atoms with van der Waals surface area (Å²) >= 11 is 0. The van der Waals surface area contributed by atoms with E-state index in [2.05, 4.69) is 15.6 Å². The number of amides is 1. The fraction of sp³-hybridized carbons (Fsp3) is 0.200. The number of nitrogens with one attached hydrogen (secondary N) is 2. The number of aromatic nitrogens is 1. The minimum Gasteiger partial charge on any atom is -0.453 e. The molecule has 0 bridgehead atoms. The molecule has 0 unspecified atom stereocenters. The molecular weight excluding hydrogens is 409 g/mol. The van der Waals surface area contributed by atoms with Crippen molar-refractivity contribution < 1.29 is 18.7 Å². The second kappa shape index (κ2) is 10.5. The molecule has 0 atom stereocenters. The van der Waals surface area contributed by atoms with E-state index in [-0.39, 0.29) is 11.7 Å². The van der Waals surface area contributed by atoms with Crippen molar-refractivity contribution in [3.8, 4) is 11.5 Å². The van der Waals surface area contributed by atoms with Crippen molar-refractivity contribution in [2.45, 2.75) is 18.9 Å². The largest absolute Gasteiger partial charge is 0.453 e. The fourth-order valence-corrected chi connectivity index (χ4v) is 3.32. The maximum absolute atomic E-state index is 14.3. The lowest BCUT2D eigenvalue weighted by atomic mass is 10.1. The van der Waals surface area contributed by atoms with E-state index < -0.39 is 5.82 Å². The number of anilines is 2. The van der Waals surface area contributed by atoms with Crippen molar-refractivity contribution in [1.29, 1.82) is 0 Å². The van der Waals surface area contributed by atoms with Gasteiger partial charge in [0, 0.05) is 42.9 Å². The topological polar surface area (TPSA) is 72.5 Å². The molecule has 32 heavy (non-hydrogen) atoms. The van der Waals surface area contributed by atoms with E-state index in [0.29, 0.717) is 23.0 Å². The molecular formula is C25H24FN3O3. The van der Waals surface area contributed by atoms with Crippen LogP contribution in [-0.2, 0) is 9.53 Å². The predicted molar refractivity (Wildman–Crippen MR) is 122 cm³/mol. The Hall–Kier alpha value is -3.71. The molecule has 0 aliphatic carbocycles. The predicted octanol–water partition coefficient (Wildman–Crippen LogP) is 5.26. The summed E-state index contributed by atoms with van der Waals surface area (Å²) < 4.78 is 25.2. The number of hydrogen-bond donors (Lipinski definition) is 2. The normalized spacial score (nSPS) is 14.3. The number of pyridine rings is 1. The summed E-state index contributed by atoms with van der Waals surface area (Å²) in [5, 5.41) is 6.28. The van der Waals surface area contributed by atoms with Gasteiger partial charge < -0.3 is 20.1 Å². The third-order valence-corrected chi connectivity index (χ3v) is 4.99. The highest BCUT2D eigenvalue weighted by atomic mass is 19.1. The number of hydrogen-bond acceptors (Lipinski definition) is 5. The fourth-order valence-electron chi connectivity index (χ4n) is 3.32. The number of carbonyl (C=O) groups excluding carboxylic acids is 1.